The molecule has 2 amide bonds. The van der Waals surface area contributed by atoms with Crippen LogP contribution in [0.2, 0.25) is 5.02 Å². The fourth-order valence-electron chi connectivity index (χ4n) is 2.52. The Morgan fingerprint density at radius 3 is 2.70 bits per heavy atom. The third-order valence-corrected chi connectivity index (χ3v) is 3.92. The van der Waals surface area contributed by atoms with Gasteiger partial charge >= 0.3 is 0 Å². The molecule has 1 aromatic carbocycles. The molecule has 1 aromatic heterocycles. The minimum Gasteiger partial charge on any atom is -0.508 e. The maximum atomic E-state index is 12.4. The van der Waals surface area contributed by atoms with Crippen LogP contribution in [0.25, 0.3) is 0 Å². The summed E-state index contributed by atoms with van der Waals surface area (Å²) in [6, 6.07) is 7.60. The topological polar surface area (TPSA) is 91.3 Å². The Morgan fingerprint density at radius 2 is 2.00 bits per heavy atom. The molecule has 3 N–H and O–H groups in total. The van der Waals surface area contributed by atoms with E-state index in [4.69, 9.17) is 11.6 Å². The number of aromatic nitrogens is 1. The van der Waals surface area contributed by atoms with Gasteiger partial charge in [0.2, 0.25) is 5.91 Å². The van der Waals surface area contributed by atoms with Gasteiger partial charge in [-0.1, -0.05) is 23.8 Å². The van der Waals surface area contributed by atoms with Gasteiger partial charge < -0.3 is 15.7 Å². The van der Waals surface area contributed by atoms with Gasteiger partial charge in [0.15, 0.2) is 0 Å². The molecule has 0 saturated heterocycles. The predicted octanol–water partition coefficient (Wildman–Crippen LogP) is 3.71. The molecule has 0 atom stereocenters. The lowest BCUT2D eigenvalue weighted by Gasteiger charge is -2.22. The molecule has 0 bridgehead atoms. The monoisotopic (exact) mass is 387 g/mol. The number of hydrogen-bond acceptors (Lipinski definition) is 4. The quantitative estimate of drug-likeness (QED) is 0.659. The lowest BCUT2D eigenvalue weighted by molar-refractivity contribution is -0.115. The van der Waals surface area contributed by atoms with Gasteiger partial charge in [0.25, 0.3) is 5.91 Å². The number of benzene rings is 1. The van der Waals surface area contributed by atoms with Crippen molar-refractivity contribution in [1.29, 1.82) is 0 Å². The Morgan fingerprint density at radius 1 is 1.26 bits per heavy atom. The lowest BCUT2D eigenvalue weighted by Crippen LogP contribution is -2.42. The predicted molar refractivity (Wildman–Crippen MR) is 106 cm³/mol. The van der Waals surface area contributed by atoms with Crippen molar-refractivity contribution in [2.24, 2.45) is 0 Å². The highest BCUT2D eigenvalue weighted by Crippen LogP contribution is 2.22. The van der Waals surface area contributed by atoms with Crippen LogP contribution in [0, 0.1) is 0 Å². The molecule has 0 aliphatic heterocycles. The van der Waals surface area contributed by atoms with Crippen molar-refractivity contribution in [3.8, 4) is 5.75 Å². The molecular weight excluding hydrogens is 366 g/mol. The normalized spacial score (nSPS) is 11.4. The van der Waals surface area contributed by atoms with E-state index in [-0.39, 0.29) is 29.7 Å². The molecule has 6 nitrogen and oxygen atoms in total. The molecule has 0 radical (unpaired) electrons. The molecule has 0 aliphatic carbocycles. The average molecular weight is 388 g/mol. The number of phenols is 1. The molecule has 2 rings (SSSR count). The third kappa shape index (κ3) is 6.11. The number of anilines is 1. The molecular formula is C20H22ClN3O3. The van der Waals surface area contributed by atoms with Crippen molar-refractivity contribution in [2.45, 2.75) is 32.7 Å². The summed E-state index contributed by atoms with van der Waals surface area (Å²) in [4.78, 5) is 28.7. The van der Waals surface area contributed by atoms with Crippen LogP contribution in [0.3, 0.4) is 0 Å². The van der Waals surface area contributed by atoms with Gasteiger partial charge in [0.05, 0.1) is 12.0 Å². The van der Waals surface area contributed by atoms with E-state index in [1.807, 2.05) is 32.9 Å². The van der Waals surface area contributed by atoms with Crippen LogP contribution in [-0.4, -0.2) is 27.4 Å². The van der Waals surface area contributed by atoms with Crippen molar-refractivity contribution < 1.29 is 14.7 Å². The number of hydrogen-bond donors (Lipinski definition) is 3. The number of halogens is 1. The van der Waals surface area contributed by atoms with Gasteiger partial charge in [-0.25, -0.2) is 0 Å². The number of nitrogens with one attached hydrogen (secondary N) is 2. The summed E-state index contributed by atoms with van der Waals surface area (Å²) >= 11 is 5.89. The highest BCUT2D eigenvalue weighted by atomic mass is 35.5. The lowest BCUT2D eigenvalue weighted by atomic mass is 10.0. The second-order valence-corrected chi connectivity index (χ2v) is 7.04. The number of rotatable bonds is 6. The van der Waals surface area contributed by atoms with Crippen LogP contribution in [0.15, 0.2) is 48.7 Å². The number of phenolic OH excluding ortho intramolecular Hbond substituents is 1. The fourth-order valence-corrected chi connectivity index (χ4v) is 2.72. The largest absolute Gasteiger partial charge is 0.508 e. The Balaban J connectivity index is 2.07. The number of carbonyl (C=O) groups is 2. The summed E-state index contributed by atoms with van der Waals surface area (Å²) in [5.41, 5.74) is 0.526. The molecule has 142 valence electrons. The van der Waals surface area contributed by atoms with E-state index in [0.717, 1.165) is 0 Å². The Labute approximate surface area is 163 Å². The fraction of sp³-hybridized carbons (Fsp3) is 0.250. The van der Waals surface area contributed by atoms with Crippen LogP contribution in [-0.2, 0) is 11.2 Å². The summed E-state index contributed by atoms with van der Waals surface area (Å²) in [7, 11) is 0. The van der Waals surface area contributed by atoms with E-state index in [2.05, 4.69) is 15.6 Å². The molecule has 0 fully saturated rings. The van der Waals surface area contributed by atoms with Gasteiger partial charge in [0.1, 0.15) is 11.4 Å². The summed E-state index contributed by atoms with van der Waals surface area (Å²) in [5, 5.41) is 15.8. The van der Waals surface area contributed by atoms with E-state index in [1.165, 1.54) is 24.4 Å². The van der Waals surface area contributed by atoms with Crippen molar-refractivity contribution in [3.05, 3.63) is 65.0 Å². The molecule has 2 aromatic rings. The Hall–Kier alpha value is -2.86. The first-order valence-corrected chi connectivity index (χ1v) is 8.77. The minimum absolute atomic E-state index is 0.00412. The van der Waals surface area contributed by atoms with Crippen molar-refractivity contribution in [2.75, 3.05) is 5.32 Å². The van der Waals surface area contributed by atoms with Crippen molar-refractivity contribution >= 4 is 29.1 Å². The van der Waals surface area contributed by atoms with Crippen LogP contribution in [0.5, 0.6) is 5.75 Å². The smallest absolute Gasteiger partial charge is 0.270 e. The number of allylic oxidation sites excluding steroid dienone is 1. The standard InChI is InChI=1S/C20H22ClN3O3/c1-4-8-20(2,3)24-19(27)16-12-15(7-9-22-16)23-18(26)11-13-10-14(21)5-6-17(13)25/h4-10,12,25H,11H2,1-3H3,(H,24,27)(H,22,23,26)/b8-4-. The SMILES string of the molecule is C/C=C\C(C)(C)NC(=O)c1cc(NC(=O)Cc2cc(Cl)ccc2O)ccn1. The van der Waals surface area contributed by atoms with E-state index in [1.54, 1.807) is 12.1 Å². The van der Waals surface area contributed by atoms with E-state index in [9.17, 15) is 14.7 Å². The van der Waals surface area contributed by atoms with Crippen molar-refractivity contribution in [3.63, 3.8) is 0 Å². The van der Waals surface area contributed by atoms with Crippen LogP contribution >= 0.6 is 11.6 Å². The van der Waals surface area contributed by atoms with Crippen molar-refractivity contribution in [1.82, 2.24) is 10.3 Å². The van der Waals surface area contributed by atoms with Gasteiger partial charge in [-0.15, -0.1) is 0 Å². The Bertz CT molecular complexity index is 879. The first-order valence-electron chi connectivity index (χ1n) is 8.40. The van der Waals surface area contributed by atoms with Gasteiger partial charge in [0, 0.05) is 22.5 Å². The van der Waals surface area contributed by atoms with Gasteiger partial charge in [-0.05, 0) is 51.1 Å². The van der Waals surface area contributed by atoms with Crippen LogP contribution < -0.4 is 10.6 Å². The van der Waals surface area contributed by atoms with Gasteiger partial charge in [-0.2, -0.15) is 0 Å². The zero-order valence-corrected chi connectivity index (χ0v) is 16.2. The number of carbonyl (C=O) groups excluding carboxylic acids is 2. The summed E-state index contributed by atoms with van der Waals surface area (Å²) < 4.78 is 0. The maximum absolute atomic E-state index is 12.4. The summed E-state index contributed by atoms with van der Waals surface area (Å²) in [6.45, 7) is 5.61. The van der Waals surface area contributed by atoms with Gasteiger partial charge in [-0.3, -0.25) is 14.6 Å². The molecule has 0 spiro atoms. The summed E-state index contributed by atoms with van der Waals surface area (Å²) in [6.07, 6.45) is 5.12. The number of pyridine rings is 1. The molecule has 27 heavy (non-hydrogen) atoms. The third-order valence-electron chi connectivity index (χ3n) is 3.69. The molecule has 0 aliphatic rings. The first-order chi connectivity index (χ1) is 12.7. The highest BCUT2D eigenvalue weighted by Gasteiger charge is 2.19. The molecule has 7 heteroatoms. The molecule has 0 unspecified atom stereocenters. The Kier molecular flexibility index (Phi) is 6.58. The van der Waals surface area contributed by atoms with E-state index < -0.39 is 5.54 Å². The first kappa shape index (κ1) is 20.5. The zero-order chi connectivity index (χ0) is 20.0. The highest BCUT2D eigenvalue weighted by molar-refractivity contribution is 6.30. The maximum Gasteiger partial charge on any atom is 0.270 e. The second kappa shape index (κ2) is 8.68. The minimum atomic E-state index is -0.517. The van der Waals surface area contributed by atoms with E-state index in [0.29, 0.717) is 16.3 Å². The van der Waals surface area contributed by atoms with Crippen LogP contribution in [0.1, 0.15) is 36.8 Å². The number of amides is 2. The summed E-state index contributed by atoms with van der Waals surface area (Å²) in [5.74, 6) is -0.698. The van der Waals surface area contributed by atoms with E-state index >= 15 is 0 Å². The number of nitrogens with zero attached hydrogens (tertiary/aromatic N) is 1. The second-order valence-electron chi connectivity index (χ2n) is 6.60. The number of aromatic hydroxyl groups is 1. The molecule has 0 saturated carbocycles. The average Bonchev–Trinajstić information content (AvgIpc) is 2.57. The zero-order valence-electron chi connectivity index (χ0n) is 15.4. The molecule has 1 heterocycles. The van der Waals surface area contributed by atoms with Crippen LogP contribution in [0.4, 0.5) is 5.69 Å².